The van der Waals surface area contributed by atoms with Crippen LogP contribution in [0, 0.1) is 0 Å². The van der Waals surface area contributed by atoms with Crippen LogP contribution in [0.3, 0.4) is 0 Å². The molecule has 4 nitrogen and oxygen atoms in total. The average molecular weight is 270 g/mol. The normalized spacial score (nSPS) is 18.7. The SMILES string of the molecule is CC(C)N(CCCO)C(C)C(=O)N1CCCCCC1. The van der Waals surface area contributed by atoms with Crippen LogP contribution in [0.5, 0.6) is 0 Å². The fourth-order valence-corrected chi connectivity index (χ4v) is 2.85. The highest BCUT2D eigenvalue weighted by atomic mass is 16.3. The zero-order valence-corrected chi connectivity index (χ0v) is 12.8. The van der Waals surface area contributed by atoms with Crippen molar-refractivity contribution in [1.29, 1.82) is 0 Å². The summed E-state index contributed by atoms with van der Waals surface area (Å²) in [6, 6.07) is 0.252. The van der Waals surface area contributed by atoms with Crippen LogP contribution in [0.15, 0.2) is 0 Å². The Labute approximate surface area is 117 Å². The largest absolute Gasteiger partial charge is 0.396 e. The van der Waals surface area contributed by atoms with Crippen LogP contribution in [-0.2, 0) is 4.79 Å². The van der Waals surface area contributed by atoms with Crippen LogP contribution < -0.4 is 0 Å². The fraction of sp³-hybridized carbons (Fsp3) is 0.933. The number of aliphatic hydroxyl groups is 1. The molecular formula is C15H30N2O2. The quantitative estimate of drug-likeness (QED) is 0.801. The topological polar surface area (TPSA) is 43.8 Å². The fourth-order valence-electron chi connectivity index (χ4n) is 2.85. The van der Waals surface area contributed by atoms with Crippen molar-refractivity contribution in [2.75, 3.05) is 26.2 Å². The van der Waals surface area contributed by atoms with Gasteiger partial charge in [0, 0.05) is 32.3 Å². The predicted octanol–water partition coefficient (Wildman–Crippen LogP) is 1.87. The van der Waals surface area contributed by atoms with Gasteiger partial charge in [-0.3, -0.25) is 9.69 Å². The van der Waals surface area contributed by atoms with Crippen molar-refractivity contribution in [3.8, 4) is 0 Å². The summed E-state index contributed by atoms with van der Waals surface area (Å²) in [6.45, 7) is 9.03. The number of hydrogen-bond donors (Lipinski definition) is 1. The molecule has 0 bridgehead atoms. The van der Waals surface area contributed by atoms with E-state index >= 15 is 0 Å². The number of rotatable bonds is 6. The minimum atomic E-state index is -0.0790. The average Bonchev–Trinajstić information content (AvgIpc) is 2.66. The lowest BCUT2D eigenvalue weighted by atomic mass is 10.1. The van der Waals surface area contributed by atoms with Crippen LogP contribution in [0.4, 0.5) is 0 Å². The number of likely N-dealkylation sites (tertiary alicyclic amines) is 1. The van der Waals surface area contributed by atoms with Gasteiger partial charge in [0.25, 0.3) is 0 Å². The third kappa shape index (κ3) is 5.11. The molecule has 1 fully saturated rings. The van der Waals surface area contributed by atoms with Crippen LogP contribution in [0.1, 0.15) is 52.9 Å². The van der Waals surface area contributed by atoms with E-state index in [9.17, 15) is 4.79 Å². The van der Waals surface area contributed by atoms with Gasteiger partial charge in [-0.25, -0.2) is 0 Å². The molecule has 0 aromatic heterocycles. The molecule has 0 saturated carbocycles. The Morgan fingerprint density at radius 3 is 2.21 bits per heavy atom. The van der Waals surface area contributed by atoms with Crippen LogP contribution in [0.2, 0.25) is 0 Å². The molecule has 0 radical (unpaired) electrons. The highest BCUT2D eigenvalue weighted by Crippen LogP contribution is 2.14. The number of carbonyl (C=O) groups is 1. The lowest BCUT2D eigenvalue weighted by Gasteiger charge is -2.35. The third-order valence-corrected chi connectivity index (χ3v) is 4.01. The predicted molar refractivity (Wildman–Crippen MR) is 78.1 cm³/mol. The molecule has 1 amide bonds. The second kappa shape index (κ2) is 8.54. The van der Waals surface area contributed by atoms with Gasteiger partial charge in [0.15, 0.2) is 0 Å². The van der Waals surface area contributed by atoms with Gasteiger partial charge < -0.3 is 10.0 Å². The van der Waals surface area contributed by atoms with Crippen LogP contribution in [0.25, 0.3) is 0 Å². The molecule has 1 atom stereocenters. The Morgan fingerprint density at radius 2 is 1.74 bits per heavy atom. The minimum absolute atomic E-state index is 0.0790. The smallest absolute Gasteiger partial charge is 0.239 e. The van der Waals surface area contributed by atoms with E-state index in [1.807, 2.05) is 11.8 Å². The zero-order valence-electron chi connectivity index (χ0n) is 12.8. The summed E-state index contributed by atoms with van der Waals surface area (Å²) in [6.07, 6.45) is 5.50. The number of amides is 1. The van der Waals surface area contributed by atoms with Crippen molar-refractivity contribution in [3.63, 3.8) is 0 Å². The molecule has 19 heavy (non-hydrogen) atoms. The van der Waals surface area contributed by atoms with Gasteiger partial charge in [-0.05, 0) is 40.0 Å². The number of carbonyl (C=O) groups excluding carboxylic acids is 1. The molecule has 0 aliphatic carbocycles. The highest BCUT2D eigenvalue weighted by Gasteiger charge is 2.27. The molecule has 1 saturated heterocycles. The molecule has 0 spiro atoms. The van der Waals surface area contributed by atoms with Gasteiger partial charge in [0.05, 0.1) is 6.04 Å². The van der Waals surface area contributed by atoms with E-state index in [-0.39, 0.29) is 18.6 Å². The second-order valence-electron chi connectivity index (χ2n) is 5.82. The van der Waals surface area contributed by atoms with E-state index < -0.39 is 0 Å². The number of hydrogen-bond acceptors (Lipinski definition) is 3. The molecule has 4 heteroatoms. The van der Waals surface area contributed by atoms with Crippen molar-refractivity contribution in [2.45, 2.75) is 65.0 Å². The Balaban J connectivity index is 2.60. The third-order valence-electron chi connectivity index (χ3n) is 4.01. The first-order valence-electron chi connectivity index (χ1n) is 7.73. The molecule has 1 aliphatic heterocycles. The highest BCUT2D eigenvalue weighted by molar-refractivity contribution is 5.81. The molecule has 1 heterocycles. The van der Waals surface area contributed by atoms with Crippen molar-refractivity contribution in [2.24, 2.45) is 0 Å². The van der Waals surface area contributed by atoms with E-state index in [4.69, 9.17) is 5.11 Å². The van der Waals surface area contributed by atoms with E-state index in [1.165, 1.54) is 12.8 Å². The molecule has 0 aromatic rings. The summed E-state index contributed by atoms with van der Waals surface area (Å²) < 4.78 is 0. The zero-order chi connectivity index (χ0) is 14.3. The second-order valence-corrected chi connectivity index (χ2v) is 5.82. The Morgan fingerprint density at radius 1 is 1.16 bits per heavy atom. The first kappa shape index (κ1) is 16.4. The Hall–Kier alpha value is -0.610. The van der Waals surface area contributed by atoms with Crippen molar-refractivity contribution in [3.05, 3.63) is 0 Å². The van der Waals surface area contributed by atoms with Gasteiger partial charge in [0.2, 0.25) is 5.91 Å². The number of nitrogens with zero attached hydrogens (tertiary/aromatic N) is 2. The molecule has 1 unspecified atom stereocenters. The standard InChI is InChI=1S/C15H30N2O2/c1-13(2)17(11-8-12-18)14(3)15(19)16-9-6-4-5-7-10-16/h13-14,18H,4-12H2,1-3H3. The molecule has 1 rings (SSSR count). The molecule has 0 aromatic carbocycles. The minimum Gasteiger partial charge on any atom is -0.396 e. The monoisotopic (exact) mass is 270 g/mol. The van der Waals surface area contributed by atoms with Crippen molar-refractivity contribution < 1.29 is 9.90 Å². The summed E-state index contributed by atoms with van der Waals surface area (Å²) in [5.74, 6) is 0.258. The van der Waals surface area contributed by atoms with Gasteiger partial charge in [-0.1, -0.05) is 12.8 Å². The molecule has 1 aliphatic rings. The maximum absolute atomic E-state index is 12.6. The van der Waals surface area contributed by atoms with E-state index in [2.05, 4.69) is 18.7 Å². The lowest BCUT2D eigenvalue weighted by molar-refractivity contribution is -0.137. The summed E-state index contributed by atoms with van der Waals surface area (Å²) >= 11 is 0. The van der Waals surface area contributed by atoms with Gasteiger partial charge in [-0.15, -0.1) is 0 Å². The number of aliphatic hydroxyl groups excluding tert-OH is 1. The van der Waals surface area contributed by atoms with Crippen molar-refractivity contribution >= 4 is 5.91 Å². The maximum atomic E-state index is 12.6. The summed E-state index contributed by atoms with van der Waals surface area (Å²) in [7, 11) is 0. The van der Waals surface area contributed by atoms with E-state index in [0.29, 0.717) is 6.04 Å². The van der Waals surface area contributed by atoms with E-state index in [1.54, 1.807) is 0 Å². The van der Waals surface area contributed by atoms with Crippen LogP contribution >= 0.6 is 0 Å². The molecule has 1 N–H and O–H groups in total. The molecule has 112 valence electrons. The van der Waals surface area contributed by atoms with E-state index in [0.717, 1.165) is 38.9 Å². The summed E-state index contributed by atoms with van der Waals surface area (Å²) in [4.78, 5) is 16.8. The summed E-state index contributed by atoms with van der Waals surface area (Å²) in [5.41, 5.74) is 0. The van der Waals surface area contributed by atoms with Gasteiger partial charge >= 0.3 is 0 Å². The van der Waals surface area contributed by atoms with Crippen LogP contribution in [-0.4, -0.2) is 59.1 Å². The van der Waals surface area contributed by atoms with Crippen molar-refractivity contribution in [1.82, 2.24) is 9.80 Å². The first-order chi connectivity index (χ1) is 9.07. The molecular weight excluding hydrogens is 240 g/mol. The first-order valence-corrected chi connectivity index (χ1v) is 7.73. The Kier molecular flexibility index (Phi) is 7.39. The van der Waals surface area contributed by atoms with Gasteiger partial charge in [0.1, 0.15) is 0 Å². The maximum Gasteiger partial charge on any atom is 0.239 e. The Bertz CT molecular complexity index is 261. The lowest BCUT2D eigenvalue weighted by Crippen LogP contribution is -2.50. The summed E-state index contributed by atoms with van der Waals surface area (Å²) in [5, 5.41) is 8.98. The van der Waals surface area contributed by atoms with Gasteiger partial charge in [-0.2, -0.15) is 0 Å².